The molecule has 2 N–H and O–H groups in total. The normalized spacial score (nSPS) is 36.5. The molecule has 1 saturated carbocycles. The molecule has 2 aliphatic rings. The van der Waals surface area contributed by atoms with Crippen LogP contribution in [-0.4, -0.2) is 28.9 Å². The second-order valence-electron chi connectivity index (χ2n) is 6.50. The standard InChI is InChI=1S/C14H26N2O/c1-10-7-11(2)12(3)16(9-10)13(17)8-14(15)5-4-6-14/h10-12H,4-9,15H2,1-3H3. The van der Waals surface area contributed by atoms with Gasteiger partial charge in [0.2, 0.25) is 5.91 Å². The van der Waals surface area contributed by atoms with Crippen LogP contribution in [-0.2, 0) is 4.79 Å². The van der Waals surface area contributed by atoms with Crippen molar-refractivity contribution in [2.75, 3.05) is 6.54 Å². The van der Waals surface area contributed by atoms with E-state index in [9.17, 15) is 4.79 Å². The Bertz CT molecular complexity index is 299. The van der Waals surface area contributed by atoms with Crippen LogP contribution in [0.25, 0.3) is 0 Å². The quantitative estimate of drug-likeness (QED) is 0.801. The molecule has 2 fully saturated rings. The number of nitrogens with two attached hydrogens (primary N) is 1. The number of amides is 1. The highest BCUT2D eigenvalue weighted by Gasteiger charge is 2.39. The van der Waals surface area contributed by atoms with Gasteiger partial charge >= 0.3 is 0 Å². The Hall–Kier alpha value is -0.570. The zero-order valence-corrected chi connectivity index (χ0v) is 11.4. The number of piperidine rings is 1. The predicted molar refractivity (Wildman–Crippen MR) is 69.5 cm³/mol. The minimum Gasteiger partial charge on any atom is -0.339 e. The fraction of sp³-hybridized carbons (Fsp3) is 0.929. The average molecular weight is 238 g/mol. The van der Waals surface area contributed by atoms with E-state index < -0.39 is 0 Å². The average Bonchev–Trinajstić information content (AvgIpc) is 2.21. The first-order chi connectivity index (χ1) is 7.91. The Morgan fingerprint density at radius 2 is 2.00 bits per heavy atom. The van der Waals surface area contributed by atoms with Crippen LogP contribution >= 0.6 is 0 Å². The van der Waals surface area contributed by atoms with E-state index in [2.05, 4.69) is 25.7 Å². The van der Waals surface area contributed by atoms with Gasteiger partial charge in [-0.1, -0.05) is 13.8 Å². The van der Waals surface area contributed by atoms with Crippen LogP contribution in [0.3, 0.4) is 0 Å². The Kier molecular flexibility index (Phi) is 3.48. The summed E-state index contributed by atoms with van der Waals surface area (Å²) >= 11 is 0. The highest BCUT2D eigenvalue weighted by Crippen LogP contribution is 2.34. The van der Waals surface area contributed by atoms with Gasteiger partial charge in [0.1, 0.15) is 0 Å². The van der Waals surface area contributed by atoms with Gasteiger partial charge in [0.05, 0.1) is 0 Å². The minimum absolute atomic E-state index is 0.180. The van der Waals surface area contributed by atoms with E-state index in [0.717, 1.165) is 19.4 Å². The lowest BCUT2D eigenvalue weighted by Crippen LogP contribution is -2.54. The van der Waals surface area contributed by atoms with Gasteiger partial charge in [-0.25, -0.2) is 0 Å². The molecule has 0 aromatic rings. The van der Waals surface area contributed by atoms with Gasteiger partial charge in [0.25, 0.3) is 0 Å². The topological polar surface area (TPSA) is 46.3 Å². The smallest absolute Gasteiger partial charge is 0.224 e. The number of nitrogens with zero attached hydrogens (tertiary/aromatic N) is 1. The maximum absolute atomic E-state index is 12.4. The van der Waals surface area contributed by atoms with Gasteiger partial charge in [-0.2, -0.15) is 0 Å². The molecule has 2 rings (SSSR count). The number of likely N-dealkylation sites (tertiary alicyclic amines) is 1. The summed E-state index contributed by atoms with van der Waals surface area (Å²) in [7, 11) is 0. The third-order valence-corrected chi connectivity index (χ3v) is 4.77. The van der Waals surface area contributed by atoms with Crippen LogP contribution in [0.15, 0.2) is 0 Å². The lowest BCUT2D eigenvalue weighted by atomic mass is 9.74. The van der Waals surface area contributed by atoms with Gasteiger partial charge in [0, 0.05) is 24.5 Å². The van der Waals surface area contributed by atoms with Crippen LogP contribution in [0.5, 0.6) is 0 Å². The molecule has 3 atom stereocenters. The minimum atomic E-state index is -0.180. The number of hydrogen-bond acceptors (Lipinski definition) is 2. The molecular formula is C14H26N2O. The molecule has 1 saturated heterocycles. The van der Waals surface area contributed by atoms with Crippen LogP contribution in [0.1, 0.15) is 52.9 Å². The molecule has 3 unspecified atom stereocenters. The largest absolute Gasteiger partial charge is 0.339 e. The first-order valence-electron chi connectivity index (χ1n) is 7.00. The van der Waals surface area contributed by atoms with Crippen LogP contribution in [0.2, 0.25) is 0 Å². The van der Waals surface area contributed by atoms with E-state index in [1.807, 2.05) is 0 Å². The first-order valence-corrected chi connectivity index (χ1v) is 7.00. The highest BCUT2D eigenvalue weighted by atomic mass is 16.2. The molecule has 1 aliphatic carbocycles. The van der Waals surface area contributed by atoms with Crippen molar-refractivity contribution in [3.05, 3.63) is 0 Å². The highest BCUT2D eigenvalue weighted by molar-refractivity contribution is 5.78. The Labute approximate surface area is 105 Å². The van der Waals surface area contributed by atoms with Crippen molar-refractivity contribution < 1.29 is 4.79 Å². The SMILES string of the molecule is CC1CC(C)C(C)N(C(=O)CC2(N)CCC2)C1. The van der Waals surface area contributed by atoms with E-state index in [-0.39, 0.29) is 11.4 Å². The van der Waals surface area contributed by atoms with Gasteiger partial charge in [0.15, 0.2) is 0 Å². The van der Waals surface area contributed by atoms with Crippen molar-refractivity contribution >= 4 is 5.91 Å². The summed E-state index contributed by atoms with van der Waals surface area (Å²) in [6.45, 7) is 7.59. The maximum atomic E-state index is 12.4. The summed E-state index contributed by atoms with van der Waals surface area (Å²) < 4.78 is 0. The third-order valence-electron chi connectivity index (χ3n) is 4.77. The van der Waals surface area contributed by atoms with Crippen molar-refractivity contribution in [3.63, 3.8) is 0 Å². The second kappa shape index (κ2) is 4.60. The fourth-order valence-electron chi connectivity index (χ4n) is 3.25. The Balaban J connectivity index is 1.97. The van der Waals surface area contributed by atoms with Crippen LogP contribution < -0.4 is 5.73 Å². The molecule has 0 bridgehead atoms. The van der Waals surface area contributed by atoms with Crippen LogP contribution in [0, 0.1) is 11.8 Å². The Morgan fingerprint density at radius 1 is 1.35 bits per heavy atom. The monoisotopic (exact) mass is 238 g/mol. The van der Waals surface area contributed by atoms with E-state index >= 15 is 0 Å². The molecule has 1 aliphatic heterocycles. The van der Waals surface area contributed by atoms with Crippen molar-refractivity contribution in [2.45, 2.75) is 64.5 Å². The molecular weight excluding hydrogens is 212 g/mol. The molecule has 3 nitrogen and oxygen atoms in total. The first kappa shape index (κ1) is 12.9. The summed E-state index contributed by atoms with van der Waals surface area (Å²) in [6.07, 6.45) is 5.01. The van der Waals surface area contributed by atoms with Gasteiger partial charge < -0.3 is 10.6 Å². The van der Waals surface area contributed by atoms with Crippen molar-refractivity contribution in [1.82, 2.24) is 4.90 Å². The number of rotatable bonds is 2. The van der Waals surface area contributed by atoms with Gasteiger partial charge in [-0.3, -0.25) is 4.79 Å². The van der Waals surface area contributed by atoms with Crippen molar-refractivity contribution in [3.8, 4) is 0 Å². The zero-order valence-electron chi connectivity index (χ0n) is 11.4. The molecule has 0 spiro atoms. The van der Waals surface area contributed by atoms with E-state index in [1.165, 1.54) is 12.8 Å². The Morgan fingerprint density at radius 3 is 2.53 bits per heavy atom. The zero-order chi connectivity index (χ0) is 12.6. The summed E-state index contributed by atoms with van der Waals surface area (Å²) in [6, 6.07) is 0.377. The van der Waals surface area contributed by atoms with Gasteiger partial charge in [-0.05, 0) is 44.4 Å². The predicted octanol–water partition coefficient (Wildman–Crippen LogP) is 2.15. The number of carbonyl (C=O) groups excluding carboxylic acids is 1. The molecule has 0 radical (unpaired) electrons. The van der Waals surface area contributed by atoms with Crippen molar-refractivity contribution in [2.24, 2.45) is 17.6 Å². The summed E-state index contributed by atoms with van der Waals surface area (Å²) in [4.78, 5) is 14.4. The van der Waals surface area contributed by atoms with Gasteiger partial charge in [-0.15, -0.1) is 0 Å². The molecule has 0 aromatic carbocycles. The molecule has 17 heavy (non-hydrogen) atoms. The molecule has 3 heteroatoms. The van der Waals surface area contributed by atoms with E-state index in [0.29, 0.717) is 24.3 Å². The lowest BCUT2D eigenvalue weighted by Gasteiger charge is -2.44. The van der Waals surface area contributed by atoms with Crippen LogP contribution in [0.4, 0.5) is 0 Å². The molecule has 98 valence electrons. The molecule has 0 aromatic heterocycles. The van der Waals surface area contributed by atoms with E-state index in [1.54, 1.807) is 0 Å². The maximum Gasteiger partial charge on any atom is 0.224 e. The summed E-state index contributed by atoms with van der Waals surface area (Å²) in [5.41, 5.74) is 6.00. The molecule has 1 amide bonds. The summed E-state index contributed by atoms with van der Waals surface area (Å²) in [5, 5.41) is 0. The van der Waals surface area contributed by atoms with Crippen molar-refractivity contribution in [1.29, 1.82) is 0 Å². The summed E-state index contributed by atoms with van der Waals surface area (Å²) in [5.74, 6) is 1.51. The number of hydrogen-bond donors (Lipinski definition) is 1. The molecule has 1 heterocycles. The second-order valence-corrected chi connectivity index (χ2v) is 6.50. The lowest BCUT2D eigenvalue weighted by molar-refractivity contribution is -0.139. The fourth-order valence-corrected chi connectivity index (χ4v) is 3.25. The third kappa shape index (κ3) is 2.65. The number of carbonyl (C=O) groups is 1. The van der Waals surface area contributed by atoms with E-state index in [4.69, 9.17) is 5.73 Å².